The fourth-order valence-electron chi connectivity index (χ4n) is 6.50. The van der Waals surface area contributed by atoms with E-state index in [9.17, 15) is 0 Å². The molecule has 0 bridgehead atoms. The van der Waals surface area contributed by atoms with Gasteiger partial charge in [-0.1, -0.05) is 94.4 Å². The van der Waals surface area contributed by atoms with Crippen LogP contribution in [0.2, 0.25) is 0 Å². The summed E-state index contributed by atoms with van der Waals surface area (Å²) in [5.41, 5.74) is 9.40. The topological polar surface area (TPSA) is 48.2 Å². The third-order valence-corrected chi connectivity index (χ3v) is 8.76. The van der Waals surface area contributed by atoms with Gasteiger partial charge in [0.15, 0.2) is 0 Å². The number of para-hydroxylation sites is 1. The zero-order valence-corrected chi connectivity index (χ0v) is 28.8. The standard InChI is InChI=1S/C42H32N2O2.Pt/c1-25(2)32-12-8-13-33(26(3)4)40(32)29-19-20-43-38(22-29)28-9-7-10-30(21-28)45-31-17-15-27-16-18-35-41(36(27)23-31)44-24-37-34-11-5-6-14-39(34)46-42(35)37;/h5-20,22,24-26H,1-4H3;/q-2;+2. The molecule has 0 radical (unpaired) electrons. The maximum Gasteiger partial charge on any atom is 2.00 e. The van der Waals surface area contributed by atoms with Crippen LogP contribution in [0.5, 0.6) is 11.5 Å². The zero-order valence-electron chi connectivity index (χ0n) is 26.6. The van der Waals surface area contributed by atoms with E-state index in [2.05, 4.69) is 88.4 Å². The van der Waals surface area contributed by atoms with E-state index in [4.69, 9.17) is 19.1 Å². The Balaban J connectivity index is 0.00000351. The Kier molecular flexibility index (Phi) is 8.16. The van der Waals surface area contributed by atoms with Crippen molar-refractivity contribution in [2.45, 2.75) is 39.5 Å². The van der Waals surface area contributed by atoms with Gasteiger partial charge in [0.2, 0.25) is 0 Å². The molecule has 232 valence electrons. The summed E-state index contributed by atoms with van der Waals surface area (Å²) in [6.45, 7) is 9.01. The van der Waals surface area contributed by atoms with Crippen LogP contribution in [0.15, 0.2) is 114 Å². The molecular weight excluding hydrogens is 760 g/mol. The molecule has 47 heavy (non-hydrogen) atoms. The monoisotopic (exact) mass is 791 g/mol. The van der Waals surface area contributed by atoms with E-state index in [1.54, 1.807) is 0 Å². The fourth-order valence-corrected chi connectivity index (χ4v) is 6.50. The molecule has 0 saturated carbocycles. The number of hydrogen-bond acceptors (Lipinski definition) is 4. The maximum atomic E-state index is 6.36. The molecule has 5 aromatic carbocycles. The summed E-state index contributed by atoms with van der Waals surface area (Å²) >= 11 is 0. The van der Waals surface area contributed by atoms with Crippen molar-refractivity contribution in [1.29, 1.82) is 0 Å². The number of fused-ring (bicyclic) bond motifs is 7. The summed E-state index contributed by atoms with van der Waals surface area (Å²) < 4.78 is 12.6. The van der Waals surface area contributed by atoms with Crippen molar-refractivity contribution in [3.05, 3.63) is 133 Å². The van der Waals surface area contributed by atoms with Crippen molar-refractivity contribution in [3.63, 3.8) is 0 Å². The quantitative estimate of drug-likeness (QED) is 0.124. The molecule has 0 N–H and O–H groups in total. The molecule has 0 aliphatic heterocycles. The van der Waals surface area contributed by atoms with Crippen LogP contribution in [-0.2, 0) is 21.1 Å². The predicted octanol–water partition coefficient (Wildman–Crippen LogP) is 11.7. The third-order valence-electron chi connectivity index (χ3n) is 8.76. The molecular formula is C42H32N2O2Pt. The average Bonchev–Trinajstić information content (AvgIpc) is 3.47. The van der Waals surface area contributed by atoms with Gasteiger partial charge in [0.1, 0.15) is 11.2 Å². The third kappa shape index (κ3) is 5.51. The van der Waals surface area contributed by atoms with E-state index >= 15 is 0 Å². The number of pyridine rings is 2. The van der Waals surface area contributed by atoms with Crippen LogP contribution in [0.25, 0.3) is 66.0 Å². The Morgan fingerprint density at radius 3 is 2.23 bits per heavy atom. The molecule has 0 aliphatic carbocycles. The number of furan rings is 1. The largest absolute Gasteiger partial charge is 2.00 e. The van der Waals surface area contributed by atoms with E-state index in [-0.39, 0.29) is 21.1 Å². The molecule has 3 aromatic heterocycles. The predicted molar refractivity (Wildman–Crippen MR) is 188 cm³/mol. The van der Waals surface area contributed by atoms with Crippen molar-refractivity contribution in [3.8, 4) is 33.9 Å². The van der Waals surface area contributed by atoms with Gasteiger partial charge in [0.25, 0.3) is 0 Å². The molecule has 0 aliphatic rings. The first-order valence-electron chi connectivity index (χ1n) is 15.8. The van der Waals surface area contributed by atoms with Gasteiger partial charge in [0.05, 0.1) is 0 Å². The van der Waals surface area contributed by atoms with Crippen molar-refractivity contribution < 1.29 is 30.2 Å². The molecule has 0 fully saturated rings. The van der Waals surface area contributed by atoms with Crippen LogP contribution in [0.3, 0.4) is 0 Å². The average molecular weight is 792 g/mol. The molecule has 0 atom stereocenters. The molecule has 3 heterocycles. The summed E-state index contributed by atoms with van der Waals surface area (Å²) in [6.07, 6.45) is 3.79. The second kappa shape index (κ2) is 12.4. The Morgan fingerprint density at radius 2 is 1.43 bits per heavy atom. The Morgan fingerprint density at radius 1 is 0.681 bits per heavy atom. The van der Waals surface area contributed by atoms with Gasteiger partial charge in [-0.05, 0) is 57.4 Å². The molecule has 0 spiro atoms. The van der Waals surface area contributed by atoms with Crippen LogP contribution < -0.4 is 4.74 Å². The SMILES string of the molecule is CC(C)c1cccc(C(C)C)c1-c1ccnc(-c2[c-]c(Oc3[c-]c4c(cc3)ccc3c4ncc4c5ccccc5oc43)ccc2)c1.[Pt+2]. The van der Waals surface area contributed by atoms with Crippen LogP contribution >= 0.6 is 0 Å². The summed E-state index contributed by atoms with van der Waals surface area (Å²) in [4.78, 5) is 9.60. The Bertz CT molecular complexity index is 2400. The van der Waals surface area contributed by atoms with Crippen molar-refractivity contribution in [1.82, 2.24) is 9.97 Å². The summed E-state index contributed by atoms with van der Waals surface area (Å²) in [5.74, 6) is 2.00. The number of aromatic nitrogens is 2. The maximum absolute atomic E-state index is 6.36. The van der Waals surface area contributed by atoms with E-state index in [0.29, 0.717) is 23.3 Å². The Hall–Kier alpha value is -4.79. The van der Waals surface area contributed by atoms with Gasteiger partial charge >= 0.3 is 21.1 Å². The number of benzene rings is 5. The van der Waals surface area contributed by atoms with Gasteiger partial charge in [-0.25, -0.2) is 0 Å². The minimum absolute atomic E-state index is 0. The summed E-state index contributed by atoms with van der Waals surface area (Å²) in [7, 11) is 0. The first kappa shape index (κ1) is 30.8. The van der Waals surface area contributed by atoms with Gasteiger partial charge < -0.3 is 19.1 Å². The van der Waals surface area contributed by atoms with E-state index in [1.165, 1.54) is 22.3 Å². The molecule has 0 amide bonds. The first-order valence-corrected chi connectivity index (χ1v) is 15.8. The summed E-state index contributed by atoms with van der Waals surface area (Å²) in [6, 6.07) is 40.0. The molecule has 5 heteroatoms. The second-order valence-corrected chi connectivity index (χ2v) is 12.4. The van der Waals surface area contributed by atoms with Crippen molar-refractivity contribution in [2.24, 2.45) is 0 Å². The van der Waals surface area contributed by atoms with Crippen LogP contribution in [0, 0.1) is 12.1 Å². The second-order valence-electron chi connectivity index (χ2n) is 12.4. The molecule has 4 nitrogen and oxygen atoms in total. The molecule has 0 saturated heterocycles. The van der Waals surface area contributed by atoms with Crippen LogP contribution in [0.4, 0.5) is 0 Å². The van der Waals surface area contributed by atoms with Crippen molar-refractivity contribution >= 4 is 43.6 Å². The van der Waals surface area contributed by atoms with Crippen LogP contribution in [-0.4, -0.2) is 9.97 Å². The smallest absolute Gasteiger partial charge is 0.497 e. The zero-order chi connectivity index (χ0) is 31.4. The minimum Gasteiger partial charge on any atom is -0.497 e. The summed E-state index contributed by atoms with van der Waals surface area (Å²) in [5, 5.41) is 4.94. The normalized spacial score (nSPS) is 11.6. The van der Waals surface area contributed by atoms with E-state index in [0.717, 1.165) is 54.9 Å². The number of hydrogen-bond donors (Lipinski definition) is 0. The molecule has 8 rings (SSSR count). The van der Waals surface area contributed by atoms with Crippen LogP contribution in [0.1, 0.15) is 50.7 Å². The molecule has 8 aromatic rings. The minimum atomic E-state index is 0. The fraction of sp³-hybridized carbons (Fsp3) is 0.143. The number of nitrogens with zero attached hydrogens (tertiary/aromatic N) is 2. The first-order chi connectivity index (χ1) is 22.4. The van der Waals surface area contributed by atoms with Crippen molar-refractivity contribution in [2.75, 3.05) is 0 Å². The van der Waals surface area contributed by atoms with Gasteiger partial charge in [-0.3, -0.25) is 0 Å². The Labute approximate surface area is 288 Å². The van der Waals surface area contributed by atoms with E-state index < -0.39 is 0 Å². The number of ether oxygens (including phenoxy) is 1. The van der Waals surface area contributed by atoms with Gasteiger partial charge in [-0.15, -0.1) is 46.7 Å². The van der Waals surface area contributed by atoms with E-state index in [1.807, 2.05) is 60.9 Å². The number of rotatable bonds is 6. The van der Waals surface area contributed by atoms with Gasteiger partial charge in [-0.2, -0.15) is 0 Å². The van der Waals surface area contributed by atoms with Gasteiger partial charge in [0, 0.05) is 40.1 Å². The molecule has 0 unspecified atom stereocenters.